The van der Waals surface area contributed by atoms with Crippen LogP contribution in [-0.4, -0.2) is 29.2 Å². The minimum absolute atomic E-state index is 0.269. The molecule has 0 bridgehead atoms. The molecule has 0 fully saturated rings. The van der Waals surface area contributed by atoms with Gasteiger partial charge in [-0.15, -0.1) is 0 Å². The smallest absolute Gasteiger partial charge is 0.316 e. The zero-order valence-corrected chi connectivity index (χ0v) is 21.6. The maximum absolute atomic E-state index is 12.3. The summed E-state index contributed by atoms with van der Waals surface area (Å²) in [5, 5.41) is 0. The summed E-state index contributed by atoms with van der Waals surface area (Å²) < 4.78 is 11.2. The maximum Gasteiger partial charge on any atom is 0.316 e. The van der Waals surface area contributed by atoms with Crippen LogP contribution in [0.2, 0.25) is 0 Å². The van der Waals surface area contributed by atoms with E-state index in [2.05, 4.69) is 23.8 Å². The van der Waals surface area contributed by atoms with Crippen molar-refractivity contribution >= 4 is 5.97 Å². The molecule has 34 heavy (non-hydrogen) atoms. The van der Waals surface area contributed by atoms with Crippen LogP contribution in [0.25, 0.3) is 11.4 Å². The number of rotatable bonds is 18. The number of aromatic nitrogens is 2. The van der Waals surface area contributed by atoms with Crippen LogP contribution in [0.15, 0.2) is 36.7 Å². The lowest BCUT2D eigenvalue weighted by Gasteiger charge is -2.12. The third-order valence-corrected chi connectivity index (χ3v) is 6.02. The highest BCUT2D eigenvalue weighted by molar-refractivity contribution is 5.75. The molecule has 1 atom stereocenters. The zero-order chi connectivity index (χ0) is 24.4. The van der Waals surface area contributed by atoms with Gasteiger partial charge in [0, 0.05) is 24.6 Å². The number of unbranched alkanes of at least 4 members (excludes halogenated alkanes) is 9. The van der Waals surface area contributed by atoms with E-state index in [1.165, 1.54) is 69.8 Å². The Morgan fingerprint density at radius 1 is 0.824 bits per heavy atom. The minimum Gasteiger partial charge on any atom is -0.426 e. The lowest BCUT2D eigenvalue weighted by atomic mass is 10.1. The Morgan fingerprint density at radius 3 is 2.06 bits per heavy atom. The molecule has 1 aromatic carbocycles. The van der Waals surface area contributed by atoms with Gasteiger partial charge in [0.25, 0.3) is 0 Å². The van der Waals surface area contributed by atoms with E-state index in [0.29, 0.717) is 24.8 Å². The predicted molar refractivity (Wildman–Crippen MR) is 139 cm³/mol. The molecule has 0 radical (unpaired) electrons. The van der Waals surface area contributed by atoms with Crippen molar-refractivity contribution in [3.63, 3.8) is 0 Å². The summed E-state index contributed by atoms with van der Waals surface area (Å²) in [5.74, 6) is 0.650. The molecule has 0 aliphatic rings. The van der Waals surface area contributed by atoms with Crippen molar-refractivity contribution in [2.75, 3.05) is 13.2 Å². The van der Waals surface area contributed by atoms with Crippen LogP contribution in [0.3, 0.4) is 0 Å². The van der Waals surface area contributed by atoms with Crippen LogP contribution in [0.5, 0.6) is 5.75 Å². The molecule has 0 saturated heterocycles. The highest BCUT2D eigenvalue weighted by Gasteiger charge is 2.16. The molecule has 1 aromatic heterocycles. The Labute approximate surface area is 206 Å². The van der Waals surface area contributed by atoms with Crippen LogP contribution < -0.4 is 4.74 Å². The number of nitrogens with zero attached hydrogens (tertiary/aromatic N) is 2. The molecule has 5 nitrogen and oxygen atoms in total. The molecule has 2 aromatic rings. The van der Waals surface area contributed by atoms with Crippen LogP contribution >= 0.6 is 0 Å². The second-order valence-corrected chi connectivity index (χ2v) is 9.27. The number of hydrogen-bond acceptors (Lipinski definition) is 5. The fourth-order valence-electron chi connectivity index (χ4n) is 3.77. The number of ether oxygens (including phenoxy) is 2. The van der Waals surface area contributed by atoms with Crippen molar-refractivity contribution in [2.24, 2.45) is 5.92 Å². The first-order valence-corrected chi connectivity index (χ1v) is 13.3. The maximum atomic E-state index is 12.3. The molecular formula is C29H44N2O3. The van der Waals surface area contributed by atoms with Gasteiger partial charge in [-0.2, -0.15) is 0 Å². The number of esters is 1. The second kappa shape index (κ2) is 17.2. The molecule has 0 aliphatic carbocycles. The Morgan fingerprint density at radius 2 is 1.41 bits per heavy atom. The van der Waals surface area contributed by atoms with Crippen LogP contribution in [-0.2, 0) is 16.0 Å². The van der Waals surface area contributed by atoms with Gasteiger partial charge < -0.3 is 9.47 Å². The fourth-order valence-corrected chi connectivity index (χ4v) is 3.77. The molecule has 188 valence electrons. The second-order valence-electron chi connectivity index (χ2n) is 9.27. The first-order chi connectivity index (χ1) is 16.6. The van der Waals surface area contributed by atoms with Gasteiger partial charge in [0.1, 0.15) is 5.75 Å². The third kappa shape index (κ3) is 11.2. The summed E-state index contributed by atoms with van der Waals surface area (Å²) in [6.07, 6.45) is 18.6. The average molecular weight is 469 g/mol. The van der Waals surface area contributed by atoms with Crippen molar-refractivity contribution in [2.45, 2.75) is 97.8 Å². The van der Waals surface area contributed by atoms with E-state index < -0.39 is 0 Å². The summed E-state index contributed by atoms with van der Waals surface area (Å²) in [7, 11) is 0. The van der Waals surface area contributed by atoms with Crippen molar-refractivity contribution in [3.05, 3.63) is 42.2 Å². The standard InChI is InChI=1S/C29H44N2O3/c1-4-6-8-10-11-13-15-25-21-30-28(31-22-25)26-16-18-27(19-17-26)34-29(32)24(3)23-33-20-14-12-9-7-5-2/h16-19,21-22,24H,4-15,20,23H2,1-3H3. The molecule has 2 rings (SSSR count). The van der Waals surface area contributed by atoms with Gasteiger partial charge in [0.2, 0.25) is 0 Å². The Hall–Kier alpha value is -2.27. The van der Waals surface area contributed by atoms with E-state index >= 15 is 0 Å². The highest BCUT2D eigenvalue weighted by atomic mass is 16.5. The average Bonchev–Trinajstić information content (AvgIpc) is 2.86. The van der Waals surface area contributed by atoms with Crippen LogP contribution in [0, 0.1) is 5.92 Å². The topological polar surface area (TPSA) is 61.3 Å². The predicted octanol–water partition coefficient (Wildman–Crippen LogP) is 7.58. The van der Waals surface area contributed by atoms with Crippen molar-refractivity contribution in [1.82, 2.24) is 9.97 Å². The van der Waals surface area contributed by atoms with E-state index in [-0.39, 0.29) is 11.9 Å². The molecule has 1 unspecified atom stereocenters. The van der Waals surface area contributed by atoms with Gasteiger partial charge in [-0.3, -0.25) is 4.79 Å². The number of benzene rings is 1. The third-order valence-electron chi connectivity index (χ3n) is 6.02. The van der Waals surface area contributed by atoms with Gasteiger partial charge in [0.05, 0.1) is 12.5 Å². The summed E-state index contributed by atoms with van der Waals surface area (Å²) in [5.41, 5.74) is 2.09. The molecule has 5 heteroatoms. The monoisotopic (exact) mass is 468 g/mol. The summed E-state index contributed by atoms with van der Waals surface area (Å²) in [6.45, 7) is 7.39. The van der Waals surface area contributed by atoms with Gasteiger partial charge >= 0.3 is 5.97 Å². The molecule has 0 aliphatic heterocycles. The summed E-state index contributed by atoms with van der Waals surface area (Å²) in [6, 6.07) is 7.37. The highest BCUT2D eigenvalue weighted by Crippen LogP contribution is 2.20. The molecule has 0 saturated carbocycles. The van der Waals surface area contributed by atoms with Crippen LogP contribution in [0.4, 0.5) is 0 Å². The Kier molecular flexibility index (Phi) is 14.2. The normalized spacial score (nSPS) is 12.0. The molecule has 0 N–H and O–H groups in total. The number of carbonyl (C=O) groups is 1. The SMILES string of the molecule is CCCCCCCCc1cnc(-c2ccc(OC(=O)C(C)COCCCCCCC)cc2)nc1. The van der Waals surface area contributed by atoms with Crippen molar-refractivity contribution < 1.29 is 14.3 Å². The van der Waals surface area contributed by atoms with Crippen LogP contribution in [0.1, 0.15) is 97.0 Å². The van der Waals surface area contributed by atoms with E-state index in [0.717, 1.165) is 18.4 Å². The van der Waals surface area contributed by atoms with Gasteiger partial charge in [0.15, 0.2) is 5.82 Å². The lowest BCUT2D eigenvalue weighted by Crippen LogP contribution is -2.22. The fraction of sp³-hybridized carbons (Fsp3) is 0.621. The van der Waals surface area contributed by atoms with E-state index in [1.807, 2.05) is 31.5 Å². The zero-order valence-electron chi connectivity index (χ0n) is 21.6. The van der Waals surface area contributed by atoms with Gasteiger partial charge in [-0.05, 0) is 56.0 Å². The Bertz CT molecular complexity index is 790. The van der Waals surface area contributed by atoms with E-state index in [9.17, 15) is 4.79 Å². The molecule has 0 amide bonds. The molecule has 1 heterocycles. The van der Waals surface area contributed by atoms with E-state index in [1.54, 1.807) is 12.1 Å². The number of aryl methyl sites for hydroxylation is 1. The Balaban J connectivity index is 1.71. The first-order valence-electron chi connectivity index (χ1n) is 13.3. The molecular weight excluding hydrogens is 424 g/mol. The largest absolute Gasteiger partial charge is 0.426 e. The number of hydrogen-bond donors (Lipinski definition) is 0. The first kappa shape index (κ1) is 28.0. The minimum atomic E-state index is -0.294. The quantitative estimate of drug-likeness (QED) is 0.128. The lowest BCUT2D eigenvalue weighted by molar-refractivity contribution is -0.140. The van der Waals surface area contributed by atoms with E-state index in [4.69, 9.17) is 9.47 Å². The molecule has 0 spiro atoms. The summed E-state index contributed by atoms with van der Waals surface area (Å²) in [4.78, 5) is 21.4. The van der Waals surface area contributed by atoms with Crippen molar-refractivity contribution in [3.8, 4) is 17.1 Å². The summed E-state index contributed by atoms with van der Waals surface area (Å²) >= 11 is 0. The van der Waals surface area contributed by atoms with Gasteiger partial charge in [-0.1, -0.05) is 71.6 Å². The van der Waals surface area contributed by atoms with Gasteiger partial charge in [-0.25, -0.2) is 9.97 Å². The number of carbonyl (C=O) groups excluding carboxylic acids is 1. The van der Waals surface area contributed by atoms with Crippen molar-refractivity contribution in [1.29, 1.82) is 0 Å².